The number of aryl methyl sites for hydroxylation is 2. The Morgan fingerprint density at radius 3 is 1.93 bits per heavy atom. The molecule has 2 aromatic carbocycles. The average molecular weight is 852 g/mol. The number of benzene rings is 2. The second-order valence-electron chi connectivity index (χ2n) is 21.3. The van der Waals surface area contributed by atoms with E-state index in [-0.39, 0.29) is 37.6 Å². The molecule has 0 amide bonds. The van der Waals surface area contributed by atoms with Gasteiger partial charge in [0.05, 0.1) is 35.4 Å². The standard InChI is InChI=1S/C47H73NO7SSi2/c1-32-26-33(2)28-36(27-32)48(56(51,52)37-21-17-16-18-22-37)41-38-24-25-47(11,46(38,9)10)42(41)55-43(50)40-35(20-19-23-39(40)49)29-34(30-53-57(12,13)44(3,4)5)31-54-58(14,15)45(6,7)8/h16-18,21-22,26-29,35,38,41-42,49H,19-20,23-25,30-31H2,1-15H3/t35-,38+,41-,42-,47-/m0/s1. The molecule has 2 saturated carbocycles. The predicted molar refractivity (Wildman–Crippen MR) is 242 cm³/mol. The van der Waals surface area contributed by atoms with Crippen LogP contribution in [0.4, 0.5) is 5.69 Å². The fourth-order valence-corrected chi connectivity index (χ4v) is 12.6. The van der Waals surface area contributed by atoms with Crippen LogP contribution in [0.3, 0.4) is 0 Å². The van der Waals surface area contributed by atoms with E-state index in [4.69, 9.17) is 13.6 Å². The van der Waals surface area contributed by atoms with Gasteiger partial charge in [-0.05, 0) is 128 Å². The lowest BCUT2D eigenvalue weighted by atomic mass is 9.70. The van der Waals surface area contributed by atoms with Crippen LogP contribution in [0.1, 0.15) is 106 Å². The summed E-state index contributed by atoms with van der Waals surface area (Å²) >= 11 is 0. The number of esters is 1. The van der Waals surface area contributed by atoms with Gasteiger partial charge < -0.3 is 18.7 Å². The number of anilines is 1. The van der Waals surface area contributed by atoms with Crippen molar-refractivity contribution >= 4 is 38.3 Å². The summed E-state index contributed by atoms with van der Waals surface area (Å²) < 4.78 is 51.9. The molecule has 2 fully saturated rings. The maximum Gasteiger partial charge on any atom is 0.338 e. The molecular weight excluding hydrogens is 779 g/mol. The van der Waals surface area contributed by atoms with Gasteiger partial charge in [0.25, 0.3) is 10.0 Å². The van der Waals surface area contributed by atoms with Crippen LogP contribution in [0.25, 0.3) is 0 Å². The van der Waals surface area contributed by atoms with Crippen molar-refractivity contribution in [2.75, 3.05) is 17.5 Å². The van der Waals surface area contributed by atoms with Gasteiger partial charge in [0.2, 0.25) is 0 Å². The van der Waals surface area contributed by atoms with E-state index in [2.05, 4.69) is 94.6 Å². The maximum absolute atomic E-state index is 15.0. The summed E-state index contributed by atoms with van der Waals surface area (Å²) in [4.78, 5) is 15.1. The first-order chi connectivity index (χ1) is 26.5. The van der Waals surface area contributed by atoms with Crippen LogP contribution in [-0.2, 0) is 28.4 Å². The Morgan fingerprint density at radius 1 is 0.879 bits per heavy atom. The van der Waals surface area contributed by atoms with Crippen LogP contribution in [0, 0.1) is 36.5 Å². The number of carbonyl (C=O) groups excluding carboxylic acids is 1. The highest BCUT2D eigenvalue weighted by Gasteiger charge is 2.70. The number of fused-ring (bicyclic) bond motifs is 2. The molecule has 0 heterocycles. The summed E-state index contributed by atoms with van der Waals surface area (Å²) in [6.45, 7) is 33.5. The summed E-state index contributed by atoms with van der Waals surface area (Å²) in [6.07, 6.45) is 4.67. The van der Waals surface area contributed by atoms with E-state index in [1.807, 2.05) is 38.1 Å². The molecule has 5 rings (SSSR count). The van der Waals surface area contributed by atoms with Crippen molar-refractivity contribution in [3.05, 3.63) is 82.6 Å². The third kappa shape index (κ3) is 8.85. The van der Waals surface area contributed by atoms with Crippen molar-refractivity contribution in [3.63, 3.8) is 0 Å². The Kier molecular flexibility index (Phi) is 13.0. The Hall–Kier alpha value is -2.71. The Bertz CT molecular complexity index is 1960. The molecule has 0 radical (unpaired) electrons. The van der Waals surface area contributed by atoms with E-state index in [9.17, 15) is 18.3 Å². The number of aliphatic hydroxyl groups is 1. The number of aliphatic hydroxyl groups excluding tert-OH is 1. The van der Waals surface area contributed by atoms with E-state index >= 15 is 0 Å². The highest BCUT2D eigenvalue weighted by atomic mass is 32.2. The molecule has 8 nitrogen and oxygen atoms in total. The predicted octanol–water partition coefficient (Wildman–Crippen LogP) is 11.8. The van der Waals surface area contributed by atoms with Crippen LogP contribution in [-0.4, -0.2) is 61.5 Å². The maximum atomic E-state index is 15.0. The first-order valence-corrected chi connectivity index (χ1v) is 28.6. The van der Waals surface area contributed by atoms with E-state index in [1.54, 1.807) is 28.6 Å². The number of carbonyl (C=O) groups is 1. The van der Waals surface area contributed by atoms with Gasteiger partial charge in [-0.15, -0.1) is 0 Å². The Balaban J connectivity index is 1.58. The number of sulfonamides is 1. The highest BCUT2D eigenvalue weighted by Crippen LogP contribution is 2.68. The van der Waals surface area contributed by atoms with Crippen molar-refractivity contribution < 1.29 is 31.9 Å². The van der Waals surface area contributed by atoms with E-state index < -0.39 is 56.1 Å². The van der Waals surface area contributed by atoms with Crippen molar-refractivity contribution in [3.8, 4) is 0 Å². The topological polar surface area (TPSA) is 102 Å². The summed E-state index contributed by atoms with van der Waals surface area (Å²) in [5, 5.41) is 11.6. The van der Waals surface area contributed by atoms with E-state index in [1.165, 1.54) is 0 Å². The monoisotopic (exact) mass is 851 g/mol. The zero-order valence-electron chi connectivity index (χ0n) is 38.2. The number of ether oxygens (including phenoxy) is 1. The fourth-order valence-electron chi connectivity index (χ4n) is 9.00. The third-order valence-electron chi connectivity index (χ3n) is 15.1. The highest BCUT2D eigenvalue weighted by molar-refractivity contribution is 7.92. The van der Waals surface area contributed by atoms with Gasteiger partial charge in [-0.25, -0.2) is 13.2 Å². The van der Waals surface area contributed by atoms with Gasteiger partial charge in [0, 0.05) is 17.8 Å². The number of hydrogen-bond donors (Lipinski definition) is 1. The first-order valence-electron chi connectivity index (χ1n) is 21.3. The smallest absolute Gasteiger partial charge is 0.338 e. The second kappa shape index (κ2) is 16.3. The van der Waals surface area contributed by atoms with Crippen molar-refractivity contribution in [1.29, 1.82) is 0 Å². The summed E-state index contributed by atoms with van der Waals surface area (Å²) in [5.41, 5.74) is 2.79. The number of hydrogen-bond acceptors (Lipinski definition) is 7. The van der Waals surface area contributed by atoms with Crippen LogP contribution >= 0.6 is 0 Å². The molecule has 322 valence electrons. The molecule has 0 saturated heterocycles. The van der Waals surface area contributed by atoms with Crippen LogP contribution in [0.15, 0.2) is 76.4 Å². The van der Waals surface area contributed by atoms with Crippen LogP contribution in [0.5, 0.6) is 0 Å². The first kappa shape index (κ1) is 46.4. The molecule has 0 aliphatic heterocycles. The molecule has 5 atom stereocenters. The molecule has 3 aliphatic carbocycles. The zero-order valence-corrected chi connectivity index (χ0v) is 41.0. The lowest BCUT2D eigenvalue weighted by Gasteiger charge is -2.43. The lowest BCUT2D eigenvalue weighted by Crippen LogP contribution is -2.54. The Morgan fingerprint density at radius 2 is 1.41 bits per heavy atom. The summed E-state index contributed by atoms with van der Waals surface area (Å²) in [6, 6.07) is 13.8. The van der Waals surface area contributed by atoms with Gasteiger partial charge in [-0.2, -0.15) is 0 Å². The Labute approximate surface area is 353 Å². The minimum Gasteiger partial charge on any atom is -0.512 e. The minimum absolute atomic E-state index is 0.0104. The molecule has 0 spiro atoms. The summed E-state index contributed by atoms with van der Waals surface area (Å²) in [5.74, 6) is -1.04. The molecule has 2 aromatic rings. The van der Waals surface area contributed by atoms with Gasteiger partial charge in [0.1, 0.15) is 11.9 Å². The molecular formula is C47H73NO7SSi2. The molecule has 11 heteroatoms. The van der Waals surface area contributed by atoms with Gasteiger partial charge in [-0.1, -0.05) is 92.7 Å². The van der Waals surface area contributed by atoms with Crippen molar-refractivity contribution in [2.45, 2.75) is 162 Å². The quantitative estimate of drug-likeness (QED) is 0.122. The van der Waals surface area contributed by atoms with E-state index in [0.717, 1.165) is 36.0 Å². The third-order valence-corrected chi connectivity index (χ3v) is 25.9. The molecule has 0 aromatic heterocycles. The van der Waals surface area contributed by atoms with Crippen LogP contribution in [0.2, 0.25) is 36.3 Å². The number of nitrogens with zero attached hydrogens (tertiary/aromatic N) is 1. The molecule has 58 heavy (non-hydrogen) atoms. The van der Waals surface area contributed by atoms with Crippen molar-refractivity contribution in [1.82, 2.24) is 0 Å². The minimum atomic E-state index is -4.11. The van der Waals surface area contributed by atoms with E-state index in [0.29, 0.717) is 31.7 Å². The largest absolute Gasteiger partial charge is 0.512 e. The SMILES string of the molecule is Cc1cc(C)cc(N([C@H]2[C@H]3CC[C@@](C)([C@H]2OC(=O)C2=C(O)CCC[C@H]2C=C(CO[Si](C)(C)C(C)(C)C)CO[Si](C)(C)C(C)(C)C)C3(C)C)S(=O)(=O)c2ccccc2)c1. The normalized spacial score (nSPS) is 25.2. The fraction of sp³-hybridized carbons (Fsp3) is 0.638. The molecule has 0 unspecified atom stereocenters. The summed E-state index contributed by atoms with van der Waals surface area (Å²) in [7, 11) is -8.39. The number of rotatable bonds is 13. The molecule has 1 N–H and O–H groups in total. The van der Waals surface area contributed by atoms with Gasteiger partial charge >= 0.3 is 5.97 Å². The molecule has 3 aliphatic rings. The number of allylic oxidation sites excluding steroid dienone is 2. The van der Waals surface area contributed by atoms with Crippen LogP contribution < -0.4 is 4.31 Å². The van der Waals surface area contributed by atoms with Gasteiger partial charge in [0.15, 0.2) is 16.6 Å². The molecule has 2 bridgehead atoms. The average Bonchev–Trinajstić information content (AvgIpc) is 3.41. The zero-order chi connectivity index (χ0) is 43.4. The lowest BCUT2D eigenvalue weighted by molar-refractivity contribution is -0.154. The van der Waals surface area contributed by atoms with Crippen molar-refractivity contribution in [2.24, 2.45) is 22.7 Å². The van der Waals surface area contributed by atoms with Gasteiger partial charge in [-0.3, -0.25) is 4.31 Å². The second-order valence-corrected chi connectivity index (χ2v) is 32.8.